The quantitative estimate of drug-likeness (QED) is 0.488. The average Bonchev–Trinajstić information content (AvgIpc) is 2.99. The first-order chi connectivity index (χ1) is 17.3. The van der Waals surface area contributed by atoms with E-state index >= 15 is 0 Å². The number of rotatable bonds is 4. The number of fused-ring (bicyclic) bond motifs is 1. The second kappa shape index (κ2) is 13.7. The molecule has 3 heterocycles. The maximum atomic E-state index is 10.6. The standard InChI is InChI=1S/C18H28N4O.2C2HF3O2/c1-2-15(3-1)21-18-16-4-8-22(9-5-17(16)19-13-20-18)12-14-6-10-23-11-7-14;2*3-2(4,5)1(6)7/h13-15H,1-12H2,(H,19,20,21);2*(H,6,7). The van der Waals surface area contributed by atoms with Gasteiger partial charge in [0.05, 0.1) is 5.69 Å². The first-order valence-corrected chi connectivity index (χ1v) is 11.8. The number of aromatic nitrogens is 2. The molecule has 1 saturated carbocycles. The Kier molecular flexibility index (Phi) is 11.3. The van der Waals surface area contributed by atoms with Crippen LogP contribution in [-0.2, 0) is 27.2 Å². The molecular formula is C22H30F6N4O5. The number of aliphatic carboxylic acids is 2. The molecule has 0 aromatic carbocycles. The second-order valence-corrected chi connectivity index (χ2v) is 8.88. The minimum absolute atomic E-state index is 0.635. The summed E-state index contributed by atoms with van der Waals surface area (Å²) in [6.45, 7) is 5.37. The molecule has 1 saturated heterocycles. The Morgan fingerprint density at radius 2 is 1.49 bits per heavy atom. The van der Waals surface area contributed by atoms with Gasteiger partial charge in [0.2, 0.25) is 0 Å². The number of anilines is 1. The third-order valence-electron chi connectivity index (χ3n) is 6.17. The molecule has 0 spiro atoms. The molecule has 0 bridgehead atoms. The zero-order chi connectivity index (χ0) is 27.6. The van der Waals surface area contributed by atoms with Gasteiger partial charge in [0.1, 0.15) is 12.1 Å². The van der Waals surface area contributed by atoms with Gasteiger partial charge >= 0.3 is 24.3 Å². The lowest BCUT2D eigenvalue weighted by Crippen LogP contribution is -2.34. The first kappa shape index (κ1) is 30.5. The number of carbonyl (C=O) groups is 2. The molecule has 1 aromatic heterocycles. The molecule has 0 amide bonds. The van der Waals surface area contributed by atoms with E-state index in [1.165, 1.54) is 49.9 Å². The highest BCUT2D eigenvalue weighted by atomic mass is 19.4. The Morgan fingerprint density at radius 1 is 0.946 bits per heavy atom. The maximum Gasteiger partial charge on any atom is 0.490 e. The van der Waals surface area contributed by atoms with E-state index in [1.54, 1.807) is 6.33 Å². The van der Waals surface area contributed by atoms with Gasteiger partial charge < -0.3 is 25.2 Å². The van der Waals surface area contributed by atoms with Crippen LogP contribution in [0, 0.1) is 5.92 Å². The molecule has 15 heteroatoms. The van der Waals surface area contributed by atoms with Crippen LogP contribution in [0.15, 0.2) is 6.33 Å². The van der Waals surface area contributed by atoms with E-state index in [0.29, 0.717) is 6.04 Å². The van der Waals surface area contributed by atoms with E-state index in [2.05, 4.69) is 20.2 Å². The second-order valence-electron chi connectivity index (χ2n) is 8.88. The van der Waals surface area contributed by atoms with Crippen LogP contribution >= 0.6 is 0 Å². The summed E-state index contributed by atoms with van der Waals surface area (Å²) in [5.41, 5.74) is 2.63. The Morgan fingerprint density at radius 3 is 1.97 bits per heavy atom. The summed E-state index contributed by atoms with van der Waals surface area (Å²) in [4.78, 5) is 29.5. The van der Waals surface area contributed by atoms with Gasteiger partial charge in [0.15, 0.2) is 0 Å². The van der Waals surface area contributed by atoms with Gasteiger partial charge in [0.25, 0.3) is 0 Å². The van der Waals surface area contributed by atoms with Crippen LogP contribution in [-0.4, -0.2) is 88.3 Å². The monoisotopic (exact) mass is 544 g/mol. The van der Waals surface area contributed by atoms with E-state index in [0.717, 1.165) is 50.9 Å². The van der Waals surface area contributed by atoms with Crippen LogP contribution in [0.1, 0.15) is 43.4 Å². The predicted molar refractivity (Wildman–Crippen MR) is 118 cm³/mol. The average molecular weight is 544 g/mol. The number of ether oxygens (including phenoxy) is 1. The van der Waals surface area contributed by atoms with Crippen molar-refractivity contribution in [2.45, 2.75) is 63.3 Å². The minimum Gasteiger partial charge on any atom is -0.475 e. The van der Waals surface area contributed by atoms with Crippen molar-refractivity contribution in [1.29, 1.82) is 0 Å². The fourth-order valence-electron chi connectivity index (χ4n) is 3.92. The number of nitrogens with one attached hydrogen (secondary N) is 1. The van der Waals surface area contributed by atoms with Crippen molar-refractivity contribution in [3.8, 4) is 0 Å². The smallest absolute Gasteiger partial charge is 0.475 e. The summed E-state index contributed by atoms with van der Waals surface area (Å²) in [6.07, 6.45) is 0.0748. The van der Waals surface area contributed by atoms with Crippen LogP contribution in [0.3, 0.4) is 0 Å². The molecule has 3 aliphatic rings. The van der Waals surface area contributed by atoms with Gasteiger partial charge in [-0.05, 0) is 44.4 Å². The SMILES string of the molecule is O=C(O)C(F)(F)F.O=C(O)C(F)(F)F.c1nc2c(c(NC3CCC3)n1)CCN(CC1CCOCC1)CC2. The molecule has 2 aliphatic heterocycles. The van der Waals surface area contributed by atoms with Gasteiger partial charge in [-0.15, -0.1) is 0 Å². The summed E-state index contributed by atoms with van der Waals surface area (Å²) in [5.74, 6) is -3.60. The minimum atomic E-state index is -5.08. The number of halogens is 6. The van der Waals surface area contributed by atoms with Crippen molar-refractivity contribution in [1.82, 2.24) is 14.9 Å². The number of hydrogen-bond donors (Lipinski definition) is 3. The molecule has 0 atom stereocenters. The molecule has 0 unspecified atom stereocenters. The molecule has 3 N–H and O–H groups in total. The van der Waals surface area contributed by atoms with Gasteiger partial charge in [0, 0.05) is 50.9 Å². The maximum absolute atomic E-state index is 10.6. The van der Waals surface area contributed by atoms with Gasteiger partial charge in [-0.1, -0.05) is 0 Å². The molecular weight excluding hydrogens is 514 g/mol. The number of nitrogens with zero attached hydrogens (tertiary/aromatic N) is 3. The lowest BCUT2D eigenvalue weighted by molar-refractivity contribution is -0.193. The van der Waals surface area contributed by atoms with Crippen LogP contribution in [0.25, 0.3) is 0 Å². The number of carboxylic acid groups (broad SMARTS) is 2. The van der Waals surface area contributed by atoms with Crippen molar-refractivity contribution in [3.63, 3.8) is 0 Å². The summed E-state index contributed by atoms with van der Waals surface area (Å²) in [5, 5.41) is 17.9. The van der Waals surface area contributed by atoms with Gasteiger partial charge in [-0.25, -0.2) is 19.6 Å². The topological polar surface area (TPSA) is 125 Å². The molecule has 37 heavy (non-hydrogen) atoms. The van der Waals surface area contributed by atoms with Gasteiger partial charge in [-0.3, -0.25) is 0 Å². The highest BCUT2D eigenvalue weighted by molar-refractivity contribution is 5.73. The Balaban J connectivity index is 0.000000286. The van der Waals surface area contributed by atoms with E-state index in [9.17, 15) is 26.3 Å². The molecule has 0 radical (unpaired) electrons. The van der Waals surface area contributed by atoms with Crippen LogP contribution in [0.4, 0.5) is 32.2 Å². The van der Waals surface area contributed by atoms with E-state index < -0.39 is 24.3 Å². The third kappa shape index (κ3) is 10.7. The molecule has 9 nitrogen and oxygen atoms in total. The highest BCUT2D eigenvalue weighted by Crippen LogP contribution is 2.27. The van der Waals surface area contributed by atoms with Crippen molar-refractivity contribution in [3.05, 3.63) is 17.6 Å². The number of carboxylic acids is 2. The fraction of sp³-hybridized carbons (Fsp3) is 0.727. The molecule has 210 valence electrons. The Bertz CT molecular complexity index is 865. The van der Waals surface area contributed by atoms with E-state index in [4.69, 9.17) is 24.5 Å². The largest absolute Gasteiger partial charge is 0.490 e. The van der Waals surface area contributed by atoms with Crippen LogP contribution in [0.5, 0.6) is 0 Å². The fourth-order valence-corrected chi connectivity index (χ4v) is 3.92. The van der Waals surface area contributed by atoms with Crippen LogP contribution in [0.2, 0.25) is 0 Å². The zero-order valence-electron chi connectivity index (χ0n) is 19.9. The number of alkyl halides is 6. The van der Waals surface area contributed by atoms with Crippen molar-refractivity contribution >= 4 is 17.8 Å². The Labute approximate surface area is 209 Å². The highest BCUT2D eigenvalue weighted by Gasteiger charge is 2.38. The first-order valence-electron chi connectivity index (χ1n) is 11.8. The molecule has 2 fully saturated rings. The summed E-state index contributed by atoms with van der Waals surface area (Å²) in [7, 11) is 0. The normalized spacial score (nSPS) is 19.1. The van der Waals surface area contributed by atoms with E-state index in [-0.39, 0.29) is 0 Å². The van der Waals surface area contributed by atoms with Gasteiger partial charge in [-0.2, -0.15) is 26.3 Å². The molecule has 4 rings (SSSR count). The van der Waals surface area contributed by atoms with E-state index in [1.807, 2.05) is 0 Å². The number of hydrogen-bond acceptors (Lipinski definition) is 7. The Hall–Kier alpha value is -2.68. The van der Waals surface area contributed by atoms with Crippen molar-refractivity contribution in [2.24, 2.45) is 5.92 Å². The predicted octanol–water partition coefficient (Wildman–Crippen LogP) is 3.53. The van der Waals surface area contributed by atoms with Crippen molar-refractivity contribution < 1.29 is 50.9 Å². The zero-order valence-corrected chi connectivity index (χ0v) is 19.9. The summed E-state index contributed by atoms with van der Waals surface area (Å²) < 4.78 is 69.0. The summed E-state index contributed by atoms with van der Waals surface area (Å²) in [6, 6.07) is 0.635. The lowest BCUT2D eigenvalue weighted by atomic mass is 9.93. The third-order valence-corrected chi connectivity index (χ3v) is 6.17. The summed E-state index contributed by atoms with van der Waals surface area (Å²) >= 11 is 0. The van der Waals surface area contributed by atoms with Crippen LogP contribution < -0.4 is 5.32 Å². The van der Waals surface area contributed by atoms with Crippen molar-refractivity contribution in [2.75, 3.05) is 38.2 Å². The molecule has 1 aromatic rings. The lowest BCUT2D eigenvalue weighted by Gasteiger charge is -2.29. The molecule has 1 aliphatic carbocycles.